The molecule has 0 unspecified atom stereocenters. The Hall–Kier alpha value is -1.74. The van der Waals surface area contributed by atoms with Crippen LogP contribution in [0.3, 0.4) is 0 Å². The van der Waals surface area contributed by atoms with Crippen molar-refractivity contribution in [3.05, 3.63) is 53.3 Å². The second kappa shape index (κ2) is 4.86. The van der Waals surface area contributed by atoms with Crippen LogP contribution < -0.4 is 10.5 Å². The molecule has 0 fully saturated rings. The molecule has 82 valence electrons. The van der Waals surface area contributed by atoms with Crippen molar-refractivity contribution in [2.75, 3.05) is 5.73 Å². The first-order valence-electron chi connectivity index (χ1n) is 4.83. The Labute approximate surface area is 98.8 Å². The van der Waals surface area contributed by atoms with Crippen molar-refractivity contribution >= 4 is 17.3 Å². The molecule has 2 aromatic rings. The molecule has 0 bridgehead atoms. The number of anilines is 1. The molecule has 0 aliphatic rings. The quantitative estimate of drug-likeness (QED) is 0.831. The van der Waals surface area contributed by atoms with Gasteiger partial charge in [-0.3, -0.25) is 4.98 Å². The Morgan fingerprint density at radius 1 is 1.25 bits per heavy atom. The van der Waals surface area contributed by atoms with E-state index in [1.165, 1.54) is 0 Å². The number of hydrogen-bond donors (Lipinski definition) is 1. The van der Waals surface area contributed by atoms with E-state index in [-0.39, 0.29) is 0 Å². The zero-order chi connectivity index (χ0) is 11.4. The molecule has 0 atom stereocenters. The van der Waals surface area contributed by atoms with Crippen LogP contribution >= 0.6 is 11.6 Å². The van der Waals surface area contributed by atoms with Crippen LogP contribution in [-0.2, 0) is 6.61 Å². The molecule has 0 aliphatic carbocycles. The van der Waals surface area contributed by atoms with Gasteiger partial charge in [0.2, 0.25) is 0 Å². The molecule has 1 aromatic heterocycles. The van der Waals surface area contributed by atoms with Gasteiger partial charge in [0.05, 0.1) is 16.4 Å². The number of benzene rings is 1. The van der Waals surface area contributed by atoms with Crippen LogP contribution in [-0.4, -0.2) is 4.98 Å². The maximum Gasteiger partial charge on any atom is 0.130 e. The summed E-state index contributed by atoms with van der Waals surface area (Å²) in [5.41, 5.74) is 7.01. The number of hydrogen-bond acceptors (Lipinski definition) is 3. The normalized spacial score (nSPS) is 10.1. The number of ether oxygens (including phenoxy) is 1. The van der Waals surface area contributed by atoms with Crippen LogP contribution in [0.4, 0.5) is 5.69 Å². The van der Waals surface area contributed by atoms with Gasteiger partial charge in [-0.2, -0.15) is 0 Å². The number of nitrogen functional groups attached to an aromatic ring is 1. The summed E-state index contributed by atoms with van der Waals surface area (Å²) < 4.78 is 5.53. The Balaban J connectivity index is 2.03. The van der Waals surface area contributed by atoms with Gasteiger partial charge in [0.25, 0.3) is 0 Å². The third-order valence-corrected chi connectivity index (χ3v) is 2.41. The molecule has 0 saturated carbocycles. The van der Waals surface area contributed by atoms with Crippen molar-refractivity contribution in [2.24, 2.45) is 0 Å². The Bertz CT molecular complexity index is 474. The van der Waals surface area contributed by atoms with E-state index >= 15 is 0 Å². The average Bonchev–Trinajstić information content (AvgIpc) is 2.32. The molecular weight excluding hydrogens is 224 g/mol. The summed E-state index contributed by atoms with van der Waals surface area (Å²) >= 11 is 5.87. The van der Waals surface area contributed by atoms with Crippen LogP contribution in [0.5, 0.6) is 5.75 Å². The molecule has 0 saturated heterocycles. The number of aromatic nitrogens is 1. The van der Waals surface area contributed by atoms with Gasteiger partial charge in [-0.15, -0.1) is 0 Å². The van der Waals surface area contributed by atoms with E-state index in [0.717, 1.165) is 5.69 Å². The summed E-state index contributed by atoms with van der Waals surface area (Å²) in [6.07, 6.45) is 1.73. The average molecular weight is 235 g/mol. The van der Waals surface area contributed by atoms with Gasteiger partial charge in [-0.1, -0.05) is 17.7 Å². The van der Waals surface area contributed by atoms with Crippen molar-refractivity contribution in [1.82, 2.24) is 4.98 Å². The third-order valence-electron chi connectivity index (χ3n) is 2.08. The van der Waals surface area contributed by atoms with Crippen LogP contribution in [0.15, 0.2) is 42.6 Å². The van der Waals surface area contributed by atoms with Crippen LogP contribution in [0.1, 0.15) is 5.69 Å². The maximum absolute atomic E-state index is 5.87. The fourth-order valence-electron chi connectivity index (χ4n) is 1.24. The Morgan fingerprint density at radius 2 is 2.12 bits per heavy atom. The zero-order valence-electron chi connectivity index (χ0n) is 8.56. The highest BCUT2D eigenvalue weighted by molar-refractivity contribution is 6.33. The molecule has 3 nitrogen and oxygen atoms in total. The predicted molar refractivity (Wildman–Crippen MR) is 64.4 cm³/mol. The lowest BCUT2D eigenvalue weighted by Crippen LogP contribution is -1.97. The minimum Gasteiger partial charge on any atom is -0.487 e. The first-order valence-corrected chi connectivity index (χ1v) is 5.21. The topological polar surface area (TPSA) is 48.1 Å². The van der Waals surface area contributed by atoms with E-state index in [4.69, 9.17) is 22.1 Å². The molecule has 4 heteroatoms. The zero-order valence-corrected chi connectivity index (χ0v) is 9.32. The third kappa shape index (κ3) is 2.64. The summed E-state index contributed by atoms with van der Waals surface area (Å²) in [4.78, 5) is 4.15. The van der Waals surface area contributed by atoms with Crippen molar-refractivity contribution in [3.8, 4) is 5.75 Å². The second-order valence-electron chi connectivity index (χ2n) is 3.29. The summed E-state index contributed by atoms with van der Waals surface area (Å²) in [6.45, 7) is 0.418. The lowest BCUT2D eigenvalue weighted by molar-refractivity contribution is 0.301. The van der Waals surface area contributed by atoms with Crippen molar-refractivity contribution in [1.29, 1.82) is 0 Å². The Morgan fingerprint density at radius 3 is 2.81 bits per heavy atom. The molecule has 1 heterocycles. The first kappa shape index (κ1) is 10.8. The van der Waals surface area contributed by atoms with Crippen LogP contribution in [0.2, 0.25) is 5.02 Å². The Kier molecular flexibility index (Phi) is 3.27. The largest absolute Gasteiger partial charge is 0.487 e. The predicted octanol–water partition coefficient (Wildman–Crippen LogP) is 2.90. The SMILES string of the molecule is Nc1ccc(OCc2ccccn2)cc1Cl. The smallest absolute Gasteiger partial charge is 0.130 e. The summed E-state index contributed by atoms with van der Waals surface area (Å²) in [5, 5.41) is 0.499. The monoisotopic (exact) mass is 234 g/mol. The van der Waals surface area contributed by atoms with E-state index in [9.17, 15) is 0 Å². The van der Waals surface area contributed by atoms with Gasteiger partial charge < -0.3 is 10.5 Å². The highest BCUT2D eigenvalue weighted by Crippen LogP contribution is 2.24. The summed E-state index contributed by atoms with van der Waals surface area (Å²) in [7, 11) is 0. The molecule has 0 radical (unpaired) electrons. The number of nitrogens with two attached hydrogens (primary N) is 1. The highest BCUT2D eigenvalue weighted by atomic mass is 35.5. The van der Waals surface area contributed by atoms with Crippen LogP contribution in [0, 0.1) is 0 Å². The number of pyridine rings is 1. The van der Waals surface area contributed by atoms with E-state index in [1.807, 2.05) is 18.2 Å². The summed E-state index contributed by atoms with van der Waals surface area (Å²) in [5.74, 6) is 0.685. The van der Waals surface area contributed by atoms with Gasteiger partial charge >= 0.3 is 0 Å². The minimum absolute atomic E-state index is 0.418. The standard InChI is InChI=1S/C12H11ClN2O/c13-11-7-10(4-5-12(11)14)16-8-9-3-1-2-6-15-9/h1-7H,8,14H2. The molecule has 0 spiro atoms. The lowest BCUT2D eigenvalue weighted by Gasteiger charge is -2.06. The fraction of sp³-hybridized carbons (Fsp3) is 0.0833. The molecule has 2 N–H and O–H groups in total. The minimum atomic E-state index is 0.418. The molecule has 16 heavy (non-hydrogen) atoms. The maximum atomic E-state index is 5.87. The van der Waals surface area contributed by atoms with Crippen molar-refractivity contribution < 1.29 is 4.74 Å². The molecule has 0 aliphatic heterocycles. The van der Waals surface area contributed by atoms with E-state index in [0.29, 0.717) is 23.1 Å². The van der Waals surface area contributed by atoms with E-state index in [1.54, 1.807) is 24.4 Å². The van der Waals surface area contributed by atoms with Crippen molar-refractivity contribution in [2.45, 2.75) is 6.61 Å². The van der Waals surface area contributed by atoms with Gasteiger partial charge in [0.15, 0.2) is 0 Å². The first-order chi connectivity index (χ1) is 7.75. The second-order valence-corrected chi connectivity index (χ2v) is 3.70. The number of nitrogens with zero attached hydrogens (tertiary/aromatic N) is 1. The van der Waals surface area contributed by atoms with Gasteiger partial charge in [0.1, 0.15) is 12.4 Å². The highest BCUT2D eigenvalue weighted by Gasteiger charge is 2.00. The van der Waals surface area contributed by atoms with Gasteiger partial charge in [0, 0.05) is 12.3 Å². The lowest BCUT2D eigenvalue weighted by atomic mass is 10.3. The summed E-state index contributed by atoms with van der Waals surface area (Å²) in [6, 6.07) is 10.9. The van der Waals surface area contributed by atoms with Crippen molar-refractivity contribution in [3.63, 3.8) is 0 Å². The van der Waals surface area contributed by atoms with Gasteiger partial charge in [-0.25, -0.2) is 0 Å². The van der Waals surface area contributed by atoms with Crippen LogP contribution in [0.25, 0.3) is 0 Å². The molecule has 2 rings (SSSR count). The number of halogens is 1. The van der Waals surface area contributed by atoms with E-state index in [2.05, 4.69) is 4.98 Å². The number of rotatable bonds is 3. The molecule has 1 aromatic carbocycles. The molecular formula is C12H11ClN2O. The molecule has 0 amide bonds. The van der Waals surface area contributed by atoms with Gasteiger partial charge in [-0.05, 0) is 24.3 Å². The van der Waals surface area contributed by atoms with E-state index < -0.39 is 0 Å². The fourth-order valence-corrected chi connectivity index (χ4v) is 1.41.